The van der Waals surface area contributed by atoms with Crippen molar-refractivity contribution < 1.29 is 26.4 Å². The quantitative estimate of drug-likeness (QED) is 0.377. The van der Waals surface area contributed by atoms with E-state index in [-0.39, 0.29) is 15.5 Å². The third-order valence-electron chi connectivity index (χ3n) is 5.98. The van der Waals surface area contributed by atoms with Crippen LogP contribution in [0.4, 0.5) is 11.4 Å². The minimum atomic E-state index is -4.14. The van der Waals surface area contributed by atoms with Gasteiger partial charge in [-0.05, 0) is 67.9 Å². The van der Waals surface area contributed by atoms with E-state index in [9.17, 15) is 21.6 Å². The largest absolute Gasteiger partial charge is 0.495 e. The van der Waals surface area contributed by atoms with Crippen molar-refractivity contribution in [2.75, 3.05) is 36.4 Å². The number of ether oxygens (including phenoxy) is 1. The van der Waals surface area contributed by atoms with E-state index < -0.39 is 32.5 Å². The van der Waals surface area contributed by atoms with Gasteiger partial charge in [0.15, 0.2) is 0 Å². The number of hydrogen-bond acceptors (Lipinski definition) is 6. The molecule has 204 valence electrons. The maximum atomic E-state index is 13.7. The topological polar surface area (TPSA) is 113 Å². The first-order valence-corrected chi connectivity index (χ1v) is 15.0. The highest BCUT2D eigenvalue weighted by molar-refractivity contribution is 7.93. The summed E-state index contributed by atoms with van der Waals surface area (Å²) in [5, 5.41) is 2.67. The van der Waals surface area contributed by atoms with E-state index in [0.29, 0.717) is 24.5 Å². The Kier molecular flexibility index (Phi) is 9.18. The SMILES string of the molecule is CCN(CC)S(=O)(=O)c1ccc(NC(=O)CN(c2cc(C)ccc2OC)S(=O)(=O)c2ccc(C)cc2)cc1. The highest BCUT2D eigenvalue weighted by Crippen LogP contribution is 2.33. The van der Waals surface area contributed by atoms with Gasteiger partial charge in [-0.1, -0.05) is 37.6 Å². The van der Waals surface area contributed by atoms with E-state index in [0.717, 1.165) is 15.4 Å². The zero-order chi connectivity index (χ0) is 28.1. The van der Waals surface area contributed by atoms with Crippen LogP contribution in [-0.4, -0.2) is 53.8 Å². The summed E-state index contributed by atoms with van der Waals surface area (Å²) < 4.78 is 60.7. The summed E-state index contributed by atoms with van der Waals surface area (Å²) in [5.74, 6) is -0.311. The molecule has 0 heterocycles. The molecule has 0 aliphatic rings. The van der Waals surface area contributed by atoms with Crippen molar-refractivity contribution in [2.45, 2.75) is 37.5 Å². The summed E-state index contributed by atoms with van der Waals surface area (Å²) in [7, 11) is -6.36. The molecular weight excluding hydrogens is 526 g/mol. The smallest absolute Gasteiger partial charge is 0.264 e. The second kappa shape index (κ2) is 12.0. The number of nitrogens with zero attached hydrogens (tertiary/aromatic N) is 2. The van der Waals surface area contributed by atoms with Crippen LogP contribution in [0.15, 0.2) is 76.5 Å². The Labute approximate surface area is 225 Å². The first kappa shape index (κ1) is 29.2. The van der Waals surface area contributed by atoms with Crippen LogP contribution in [0.2, 0.25) is 0 Å². The van der Waals surface area contributed by atoms with Gasteiger partial charge in [-0.25, -0.2) is 16.8 Å². The zero-order valence-corrected chi connectivity index (χ0v) is 23.8. The van der Waals surface area contributed by atoms with Gasteiger partial charge < -0.3 is 10.1 Å². The summed E-state index contributed by atoms with van der Waals surface area (Å²) in [6.45, 7) is 7.33. The molecule has 3 rings (SSSR count). The number of amides is 1. The summed E-state index contributed by atoms with van der Waals surface area (Å²) in [6, 6.07) is 17.2. The maximum absolute atomic E-state index is 13.7. The number of aryl methyl sites for hydroxylation is 2. The number of sulfonamides is 2. The standard InChI is InChI=1S/C27H33N3O6S2/c1-6-29(7-2)37(32,33)23-15-11-22(12-16-23)28-27(31)19-30(25-18-21(4)10-17-26(25)36-5)38(34,35)24-13-8-20(3)9-14-24/h8-18H,6-7,19H2,1-5H3,(H,28,31). The van der Waals surface area contributed by atoms with E-state index in [1.165, 1.54) is 47.8 Å². The fourth-order valence-corrected chi connectivity index (χ4v) is 6.77. The number of benzene rings is 3. The van der Waals surface area contributed by atoms with Gasteiger partial charge in [0.05, 0.1) is 22.6 Å². The molecule has 1 N–H and O–H groups in total. The second-order valence-corrected chi connectivity index (χ2v) is 12.5. The Balaban J connectivity index is 1.93. The molecule has 3 aromatic rings. The van der Waals surface area contributed by atoms with Crippen molar-refractivity contribution in [3.05, 3.63) is 77.9 Å². The number of hydrogen-bond donors (Lipinski definition) is 1. The number of nitrogens with one attached hydrogen (secondary N) is 1. The predicted molar refractivity (Wildman–Crippen MR) is 149 cm³/mol. The molecule has 0 aliphatic carbocycles. The van der Waals surface area contributed by atoms with Crippen molar-refractivity contribution in [1.82, 2.24) is 4.31 Å². The zero-order valence-electron chi connectivity index (χ0n) is 22.1. The lowest BCUT2D eigenvalue weighted by atomic mass is 10.2. The molecule has 0 bridgehead atoms. The molecule has 0 radical (unpaired) electrons. The van der Waals surface area contributed by atoms with E-state index in [2.05, 4.69) is 5.32 Å². The molecule has 0 saturated heterocycles. The van der Waals surface area contributed by atoms with E-state index in [4.69, 9.17) is 4.74 Å². The van der Waals surface area contributed by atoms with Gasteiger partial charge in [0.2, 0.25) is 15.9 Å². The minimum Gasteiger partial charge on any atom is -0.495 e. The highest BCUT2D eigenvalue weighted by atomic mass is 32.2. The normalized spacial score (nSPS) is 11.8. The van der Waals surface area contributed by atoms with Crippen LogP contribution in [0.5, 0.6) is 5.75 Å². The van der Waals surface area contributed by atoms with Gasteiger partial charge in [0.1, 0.15) is 12.3 Å². The van der Waals surface area contributed by atoms with Gasteiger partial charge in [-0.15, -0.1) is 0 Å². The third-order valence-corrected chi connectivity index (χ3v) is 9.82. The van der Waals surface area contributed by atoms with Crippen molar-refractivity contribution >= 4 is 37.3 Å². The van der Waals surface area contributed by atoms with Gasteiger partial charge >= 0.3 is 0 Å². The Morgan fingerprint density at radius 2 is 1.32 bits per heavy atom. The van der Waals surface area contributed by atoms with Gasteiger partial charge in [-0.3, -0.25) is 9.10 Å². The van der Waals surface area contributed by atoms with Crippen molar-refractivity contribution in [3.8, 4) is 5.75 Å². The number of methoxy groups -OCH3 is 1. The van der Waals surface area contributed by atoms with Crippen LogP contribution in [0, 0.1) is 13.8 Å². The van der Waals surface area contributed by atoms with Gasteiger partial charge in [0, 0.05) is 18.8 Å². The van der Waals surface area contributed by atoms with E-state index in [1.807, 2.05) is 13.8 Å². The molecule has 11 heteroatoms. The molecule has 0 aliphatic heterocycles. The third kappa shape index (κ3) is 6.35. The summed E-state index contributed by atoms with van der Waals surface area (Å²) in [6.07, 6.45) is 0. The molecule has 0 saturated carbocycles. The van der Waals surface area contributed by atoms with Crippen LogP contribution in [0.3, 0.4) is 0 Å². The Bertz CT molecular complexity index is 1480. The first-order chi connectivity index (χ1) is 17.9. The molecular formula is C27H33N3O6S2. The van der Waals surface area contributed by atoms with Crippen LogP contribution in [-0.2, 0) is 24.8 Å². The highest BCUT2D eigenvalue weighted by Gasteiger charge is 2.30. The predicted octanol–water partition coefficient (Wildman–Crippen LogP) is 4.18. The minimum absolute atomic E-state index is 0.0328. The number of carbonyl (C=O) groups excluding carboxylic acids is 1. The molecule has 0 unspecified atom stereocenters. The maximum Gasteiger partial charge on any atom is 0.264 e. The number of rotatable bonds is 11. The van der Waals surface area contributed by atoms with Gasteiger partial charge in [0.25, 0.3) is 10.0 Å². The molecule has 9 nitrogen and oxygen atoms in total. The summed E-state index contributed by atoms with van der Waals surface area (Å²) in [5.41, 5.74) is 2.24. The molecule has 0 fully saturated rings. The lowest BCUT2D eigenvalue weighted by molar-refractivity contribution is -0.114. The summed E-state index contributed by atoms with van der Waals surface area (Å²) >= 11 is 0. The van der Waals surface area contributed by atoms with Crippen molar-refractivity contribution in [3.63, 3.8) is 0 Å². The van der Waals surface area contributed by atoms with E-state index in [1.54, 1.807) is 44.2 Å². The van der Waals surface area contributed by atoms with Gasteiger partial charge in [-0.2, -0.15) is 4.31 Å². The van der Waals surface area contributed by atoms with Crippen LogP contribution >= 0.6 is 0 Å². The molecule has 1 amide bonds. The van der Waals surface area contributed by atoms with Crippen molar-refractivity contribution in [2.24, 2.45) is 0 Å². The Morgan fingerprint density at radius 1 is 0.789 bits per heavy atom. The van der Waals surface area contributed by atoms with E-state index >= 15 is 0 Å². The summed E-state index contributed by atoms with van der Waals surface area (Å²) in [4.78, 5) is 13.2. The average molecular weight is 560 g/mol. The Hall–Kier alpha value is -3.41. The monoisotopic (exact) mass is 559 g/mol. The number of carbonyl (C=O) groups is 1. The average Bonchev–Trinajstić information content (AvgIpc) is 2.88. The van der Waals surface area contributed by atoms with Crippen LogP contribution in [0.25, 0.3) is 0 Å². The Morgan fingerprint density at radius 3 is 1.87 bits per heavy atom. The fraction of sp³-hybridized carbons (Fsp3) is 0.296. The number of anilines is 2. The van der Waals surface area contributed by atoms with Crippen molar-refractivity contribution in [1.29, 1.82) is 0 Å². The fourth-order valence-electron chi connectivity index (χ4n) is 3.89. The van der Waals surface area contributed by atoms with Crippen LogP contribution in [0.1, 0.15) is 25.0 Å². The second-order valence-electron chi connectivity index (χ2n) is 8.66. The molecule has 0 aromatic heterocycles. The molecule has 0 atom stereocenters. The lowest BCUT2D eigenvalue weighted by Crippen LogP contribution is -2.38. The molecule has 3 aromatic carbocycles. The lowest BCUT2D eigenvalue weighted by Gasteiger charge is -2.26. The van der Waals surface area contributed by atoms with Crippen LogP contribution < -0.4 is 14.4 Å². The molecule has 0 spiro atoms. The molecule has 38 heavy (non-hydrogen) atoms. The first-order valence-electron chi connectivity index (χ1n) is 12.1.